The molecule has 1 aromatic carbocycles. The Hall–Kier alpha value is -1.03. The molecule has 0 aliphatic carbocycles. The number of halogens is 3. The topological polar surface area (TPSA) is 26.0 Å². The van der Waals surface area contributed by atoms with Gasteiger partial charge >= 0.3 is 0 Å². The van der Waals surface area contributed by atoms with E-state index in [-0.39, 0.29) is 5.56 Å². The van der Waals surface area contributed by atoms with Crippen LogP contribution in [0.15, 0.2) is 18.2 Å². The van der Waals surface area contributed by atoms with E-state index in [1.54, 1.807) is 0 Å². The first-order valence-electron chi connectivity index (χ1n) is 3.41. The van der Waals surface area contributed by atoms with Gasteiger partial charge in [-0.1, -0.05) is 6.07 Å². The van der Waals surface area contributed by atoms with Crippen molar-refractivity contribution in [2.75, 3.05) is 6.67 Å². The highest BCUT2D eigenvalue weighted by atomic mass is 19.2. The van der Waals surface area contributed by atoms with Gasteiger partial charge in [-0.2, -0.15) is 0 Å². The molecule has 2 N–H and O–H groups in total. The van der Waals surface area contributed by atoms with Crippen LogP contribution in [-0.4, -0.2) is 6.67 Å². The molecule has 0 aliphatic heterocycles. The summed E-state index contributed by atoms with van der Waals surface area (Å²) in [7, 11) is 0. The van der Waals surface area contributed by atoms with Crippen molar-refractivity contribution >= 4 is 0 Å². The van der Waals surface area contributed by atoms with Gasteiger partial charge in [-0.3, -0.25) is 0 Å². The first kappa shape index (κ1) is 9.06. The summed E-state index contributed by atoms with van der Waals surface area (Å²) in [4.78, 5) is 0. The van der Waals surface area contributed by atoms with Gasteiger partial charge in [0.25, 0.3) is 0 Å². The monoisotopic (exact) mass is 175 g/mol. The van der Waals surface area contributed by atoms with Gasteiger partial charge in [0, 0.05) is 0 Å². The molecule has 4 heteroatoms. The highest BCUT2D eigenvalue weighted by molar-refractivity contribution is 5.20. The molecule has 1 aromatic rings. The number of rotatable bonds is 2. The molecule has 0 heterocycles. The van der Waals surface area contributed by atoms with Crippen LogP contribution >= 0.6 is 0 Å². The summed E-state index contributed by atoms with van der Waals surface area (Å²) in [5.41, 5.74) is 5.51. The smallest absolute Gasteiger partial charge is 0.159 e. The van der Waals surface area contributed by atoms with Gasteiger partial charge in [0.05, 0.1) is 6.04 Å². The molecule has 0 fully saturated rings. The summed E-state index contributed by atoms with van der Waals surface area (Å²) in [6, 6.07) is 2.22. The number of hydrogen-bond acceptors (Lipinski definition) is 1. The lowest BCUT2D eigenvalue weighted by Crippen LogP contribution is -2.12. The first-order valence-corrected chi connectivity index (χ1v) is 3.41. The molecule has 1 nitrogen and oxygen atoms in total. The molecule has 1 atom stereocenters. The molecule has 1 rings (SSSR count). The van der Waals surface area contributed by atoms with E-state index in [0.717, 1.165) is 12.1 Å². The molecule has 0 aliphatic rings. The quantitative estimate of drug-likeness (QED) is 0.730. The molecule has 0 spiro atoms. The number of benzene rings is 1. The number of alkyl halides is 1. The Labute approximate surface area is 68.0 Å². The van der Waals surface area contributed by atoms with E-state index >= 15 is 0 Å². The van der Waals surface area contributed by atoms with Crippen LogP contribution in [0.5, 0.6) is 0 Å². The predicted octanol–water partition coefficient (Wildman–Crippen LogP) is 1.93. The van der Waals surface area contributed by atoms with E-state index in [4.69, 9.17) is 5.73 Å². The van der Waals surface area contributed by atoms with E-state index in [2.05, 4.69) is 0 Å². The SMILES string of the molecule is N[C@@H](CF)c1ccc(F)c(F)c1. The third kappa shape index (κ3) is 1.76. The summed E-state index contributed by atoms with van der Waals surface area (Å²) in [6.07, 6.45) is 0. The van der Waals surface area contributed by atoms with Crippen molar-refractivity contribution in [1.29, 1.82) is 0 Å². The third-order valence-corrected chi connectivity index (χ3v) is 1.54. The van der Waals surface area contributed by atoms with E-state index in [1.165, 1.54) is 6.07 Å². The van der Waals surface area contributed by atoms with Crippen LogP contribution in [0.25, 0.3) is 0 Å². The Kier molecular flexibility index (Phi) is 2.70. The fourth-order valence-electron chi connectivity index (χ4n) is 0.832. The van der Waals surface area contributed by atoms with Gasteiger partial charge in [-0.25, -0.2) is 13.2 Å². The summed E-state index contributed by atoms with van der Waals surface area (Å²) >= 11 is 0. The van der Waals surface area contributed by atoms with Crippen LogP contribution in [-0.2, 0) is 0 Å². The maximum Gasteiger partial charge on any atom is 0.159 e. The summed E-state index contributed by atoms with van der Waals surface area (Å²) in [6.45, 7) is -0.787. The van der Waals surface area contributed by atoms with Crippen molar-refractivity contribution in [1.82, 2.24) is 0 Å². The van der Waals surface area contributed by atoms with Gasteiger partial charge in [-0.05, 0) is 17.7 Å². The lowest BCUT2D eigenvalue weighted by Gasteiger charge is -2.06. The molecule has 66 valence electrons. The zero-order chi connectivity index (χ0) is 9.14. The van der Waals surface area contributed by atoms with Crippen LogP contribution in [0.4, 0.5) is 13.2 Å². The summed E-state index contributed by atoms with van der Waals surface area (Å²) in [5, 5.41) is 0. The van der Waals surface area contributed by atoms with Crippen molar-refractivity contribution in [2.24, 2.45) is 5.73 Å². The van der Waals surface area contributed by atoms with Crippen molar-refractivity contribution in [3.63, 3.8) is 0 Å². The van der Waals surface area contributed by atoms with Gasteiger partial charge < -0.3 is 5.73 Å². The number of hydrogen-bond donors (Lipinski definition) is 1. The van der Waals surface area contributed by atoms with Crippen molar-refractivity contribution in [2.45, 2.75) is 6.04 Å². The van der Waals surface area contributed by atoms with Crippen LogP contribution in [0.2, 0.25) is 0 Å². The molecule has 0 saturated carbocycles. The second-order valence-corrected chi connectivity index (χ2v) is 2.43. The minimum absolute atomic E-state index is 0.261. The molecule has 12 heavy (non-hydrogen) atoms. The van der Waals surface area contributed by atoms with Crippen molar-refractivity contribution in [3.8, 4) is 0 Å². The Morgan fingerprint density at radius 1 is 1.25 bits per heavy atom. The van der Waals surface area contributed by atoms with Crippen LogP contribution < -0.4 is 5.73 Å². The average molecular weight is 175 g/mol. The largest absolute Gasteiger partial charge is 0.322 e. The second kappa shape index (κ2) is 3.58. The second-order valence-electron chi connectivity index (χ2n) is 2.43. The van der Waals surface area contributed by atoms with E-state index < -0.39 is 24.4 Å². The molecule has 0 aromatic heterocycles. The molecule has 0 radical (unpaired) electrons. The third-order valence-electron chi connectivity index (χ3n) is 1.54. The Balaban J connectivity index is 2.96. The fourth-order valence-corrected chi connectivity index (χ4v) is 0.832. The summed E-state index contributed by atoms with van der Waals surface area (Å²) < 4.78 is 36.8. The molecule has 0 amide bonds. The minimum Gasteiger partial charge on any atom is -0.322 e. The Bertz CT molecular complexity index is 275. The van der Waals surface area contributed by atoms with Gasteiger partial charge in [0.15, 0.2) is 11.6 Å². The standard InChI is InChI=1S/C8H8F3N/c9-4-8(12)5-1-2-6(10)7(11)3-5/h1-3,8H,4,12H2/t8-/m0/s1. The van der Waals surface area contributed by atoms with Crippen molar-refractivity contribution in [3.05, 3.63) is 35.4 Å². The minimum atomic E-state index is -1.00. The zero-order valence-electron chi connectivity index (χ0n) is 6.23. The Morgan fingerprint density at radius 3 is 2.42 bits per heavy atom. The average Bonchev–Trinajstić information content (AvgIpc) is 2.08. The van der Waals surface area contributed by atoms with Gasteiger partial charge in [0.1, 0.15) is 6.67 Å². The first-order chi connectivity index (χ1) is 5.65. The molecular formula is C8H8F3N. The zero-order valence-corrected chi connectivity index (χ0v) is 6.23. The highest BCUT2D eigenvalue weighted by Crippen LogP contribution is 2.14. The molecular weight excluding hydrogens is 167 g/mol. The lowest BCUT2D eigenvalue weighted by atomic mass is 10.1. The molecule has 0 saturated heterocycles. The normalized spacial score (nSPS) is 13.0. The van der Waals surface area contributed by atoms with E-state index in [1.807, 2.05) is 0 Å². The van der Waals surface area contributed by atoms with Crippen molar-refractivity contribution < 1.29 is 13.2 Å². The Morgan fingerprint density at radius 2 is 1.92 bits per heavy atom. The molecule has 0 unspecified atom stereocenters. The lowest BCUT2D eigenvalue weighted by molar-refractivity contribution is 0.434. The van der Waals surface area contributed by atoms with Crippen LogP contribution in [0.3, 0.4) is 0 Å². The van der Waals surface area contributed by atoms with Crippen LogP contribution in [0.1, 0.15) is 11.6 Å². The maximum absolute atomic E-state index is 12.5. The highest BCUT2D eigenvalue weighted by Gasteiger charge is 2.08. The van der Waals surface area contributed by atoms with E-state index in [0.29, 0.717) is 0 Å². The molecule has 0 bridgehead atoms. The van der Waals surface area contributed by atoms with Gasteiger partial charge in [-0.15, -0.1) is 0 Å². The maximum atomic E-state index is 12.5. The van der Waals surface area contributed by atoms with Gasteiger partial charge in [0.2, 0.25) is 0 Å². The predicted molar refractivity (Wildman–Crippen MR) is 39.3 cm³/mol. The fraction of sp³-hybridized carbons (Fsp3) is 0.250. The van der Waals surface area contributed by atoms with Crippen LogP contribution in [0, 0.1) is 11.6 Å². The number of nitrogens with two attached hydrogens (primary N) is 1. The summed E-state index contributed by atoms with van der Waals surface area (Å²) in [5.74, 6) is -1.96. The van der Waals surface area contributed by atoms with E-state index in [9.17, 15) is 13.2 Å².